The maximum absolute atomic E-state index is 12.9. The Kier molecular flexibility index (Phi) is 1.91. The standard InChI is InChI=1S/C13H15BF3/c1-9-4-3-5-11(10(9)2)12-6-13(7-12,8-12)14(15,16)17/h3-5H,6-8H2,1-2H3/q-1. The fourth-order valence-electron chi connectivity index (χ4n) is 3.82. The van der Waals surface area contributed by atoms with E-state index in [4.69, 9.17) is 0 Å². The van der Waals surface area contributed by atoms with E-state index in [2.05, 4.69) is 0 Å². The Balaban J connectivity index is 1.90. The quantitative estimate of drug-likeness (QED) is 0.674. The molecule has 92 valence electrons. The lowest BCUT2D eigenvalue weighted by molar-refractivity contribution is -0.0405. The first-order valence-corrected chi connectivity index (χ1v) is 6.06. The normalized spacial score (nSPS) is 35.1. The van der Waals surface area contributed by atoms with Crippen LogP contribution in [0.25, 0.3) is 0 Å². The number of rotatable bonds is 2. The van der Waals surface area contributed by atoms with Crippen molar-refractivity contribution in [3.63, 3.8) is 0 Å². The minimum absolute atomic E-state index is 0.145. The molecule has 3 saturated carbocycles. The van der Waals surface area contributed by atoms with Crippen LogP contribution < -0.4 is 0 Å². The topological polar surface area (TPSA) is 0 Å². The maximum atomic E-state index is 12.9. The van der Waals surface area contributed by atoms with Crippen molar-refractivity contribution in [2.45, 2.75) is 43.8 Å². The molecule has 0 radical (unpaired) electrons. The SMILES string of the molecule is Cc1cccc(C23CC([B-](F)(F)F)(C2)C3)c1C. The molecule has 0 amide bonds. The zero-order chi connectivity index (χ0) is 12.5. The molecule has 0 unspecified atom stereocenters. The number of benzene rings is 1. The van der Waals surface area contributed by atoms with E-state index in [1.807, 2.05) is 32.0 Å². The van der Waals surface area contributed by atoms with Gasteiger partial charge in [0.1, 0.15) is 0 Å². The minimum atomic E-state index is -4.65. The van der Waals surface area contributed by atoms with Crippen molar-refractivity contribution in [1.82, 2.24) is 0 Å². The third-order valence-electron chi connectivity index (χ3n) is 4.94. The Labute approximate surface area is 99.3 Å². The van der Waals surface area contributed by atoms with Gasteiger partial charge in [-0.1, -0.05) is 42.8 Å². The lowest BCUT2D eigenvalue weighted by atomic mass is 9.23. The Morgan fingerprint density at radius 2 is 1.65 bits per heavy atom. The van der Waals surface area contributed by atoms with Gasteiger partial charge in [-0.2, -0.15) is 0 Å². The van der Waals surface area contributed by atoms with Crippen LogP contribution in [0.3, 0.4) is 0 Å². The van der Waals surface area contributed by atoms with Crippen LogP contribution in [-0.4, -0.2) is 6.98 Å². The summed E-state index contributed by atoms with van der Waals surface area (Å²) in [5.74, 6) is 0. The lowest BCUT2D eigenvalue weighted by Gasteiger charge is -2.76. The van der Waals surface area contributed by atoms with Gasteiger partial charge in [0.15, 0.2) is 0 Å². The van der Waals surface area contributed by atoms with Crippen molar-refractivity contribution >= 4 is 6.98 Å². The van der Waals surface area contributed by atoms with E-state index >= 15 is 0 Å². The van der Waals surface area contributed by atoms with Crippen molar-refractivity contribution in [2.24, 2.45) is 0 Å². The Morgan fingerprint density at radius 1 is 1.06 bits per heavy atom. The first-order valence-electron chi connectivity index (χ1n) is 6.06. The second kappa shape index (κ2) is 2.90. The molecule has 3 fully saturated rings. The predicted molar refractivity (Wildman–Crippen MR) is 63.2 cm³/mol. The van der Waals surface area contributed by atoms with Crippen molar-refractivity contribution in [3.8, 4) is 0 Å². The van der Waals surface area contributed by atoms with E-state index in [9.17, 15) is 12.9 Å². The third kappa shape index (κ3) is 1.21. The van der Waals surface area contributed by atoms with Crippen LogP contribution in [0, 0.1) is 13.8 Å². The van der Waals surface area contributed by atoms with Crippen LogP contribution in [0.5, 0.6) is 0 Å². The van der Waals surface area contributed by atoms with E-state index in [1.165, 1.54) is 11.1 Å². The fraction of sp³-hybridized carbons (Fsp3) is 0.538. The van der Waals surface area contributed by atoms with Gasteiger partial charge in [0.05, 0.1) is 0 Å². The molecule has 0 nitrogen and oxygen atoms in total. The summed E-state index contributed by atoms with van der Waals surface area (Å²) in [5, 5.41) is -1.28. The summed E-state index contributed by atoms with van der Waals surface area (Å²) in [5.41, 5.74) is 3.36. The molecule has 4 heteroatoms. The maximum Gasteiger partial charge on any atom is 0.484 e. The van der Waals surface area contributed by atoms with Gasteiger partial charge in [-0.3, -0.25) is 0 Å². The van der Waals surface area contributed by atoms with Crippen molar-refractivity contribution in [3.05, 3.63) is 34.9 Å². The summed E-state index contributed by atoms with van der Waals surface area (Å²) >= 11 is 0. The molecule has 0 atom stereocenters. The van der Waals surface area contributed by atoms with Gasteiger partial charge in [0.2, 0.25) is 0 Å². The summed E-state index contributed by atoms with van der Waals surface area (Å²) < 4.78 is 38.6. The van der Waals surface area contributed by atoms with Gasteiger partial charge in [-0.05, 0) is 36.0 Å². The molecule has 0 aliphatic heterocycles. The summed E-state index contributed by atoms with van der Waals surface area (Å²) in [4.78, 5) is 0. The molecule has 1 aromatic carbocycles. The first-order chi connectivity index (χ1) is 7.80. The van der Waals surface area contributed by atoms with Gasteiger partial charge in [-0.25, -0.2) is 0 Å². The van der Waals surface area contributed by atoms with E-state index in [1.54, 1.807) is 0 Å². The minimum Gasteiger partial charge on any atom is -0.449 e. The van der Waals surface area contributed by atoms with Crippen LogP contribution in [0.2, 0.25) is 5.31 Å². The van der Waals surface area contributed by atoms with E-state index in [-0.39, 0.29) is 5.41 Å². The molecule has 2 bridgehead atoms. The third-order valence-corrected chi connectivity index (χ3v) is 4.94. The van der Waals surface area contributed by atoms with Crippen molar-refractivity contribution < 1.29 is 12.9 Å². The molecule has 0 aromatic heterocycles. The highest BCUT2D eigenvalue weighted by molar-refractivity contribution is 6.63. The summed E-state index contributed by atoms with van der Waals surface area (Å²) in [6.45, 7) is -0.608. The molecule has 0 saturated heterocycles. The molecule has 0 heterocycles. The van der Waals surface area contributed by atoms with Crippen LogP contribution in [0.4, 0.5) is 12.9 Å². The largest absolute Gasteiger partial charge is 0.484 e. The highest BCUT2D eigenvalue weighted by Crippen LogP contribution is 2.82. The second-order valence-electron chi connectivity index (χ2n) is 6.00. The Hall–Kier alpha value is -0.925. The molecular formula is C13H15BF3-. The summed E-state index contributed by atoms with van der Waals surface area (Å²) in [6, 6.07) is 5.99. The molecule has 1 aromatic rings. The summed E-state index contributed by atoms with van der Waals surface area (Å²) in [6.07, 6.45) is 0.982. The molecule has 3 aliphatic carbocycles. The van der Waals surface area contributed by atoms with Crippen LogP contribution in [0.1, 0.15) is 36.0 Å². The average molecular weight is 239 g/mol. The van der Waals surface area contributed by atoms with Gasteiger partial charge in [-0.15, -0.1) is 0 Å². The Bertz CT molecular complexity index is 470. The molecule has 3 aliphatic rings. The highest BCUT2D eigenvalue weighted by atomic mass is 19.4. The number of hydrogen-bond donors (Lipinski definition) is 0. The number of hydrogen-bond acceptors (Lipinski definition) is 0. The number of aryl methyl sites for hydroxylation is 1. The predicted octanol–water partition coefficient (Wildman–Crippen LogP) is 4.33. The molecule has 4 rings (SSSR count). The van der Waals surface area contributed by atoms with Gasteiger partial charge in [0.25, 0.3) is 0 Å². The molecular weight excluding hydrogens is 224 g/mol. The van der Waals surface area contributed by atoms with Crippen LogP contribution in [-0.2, 0) is 5.41 Å². The monoisotopic (exact) mass is 239 g/mol. The highest BCUT2D eigenvalue weighted by Gasteiger charge is 2.74. The Morgan fingerprint density at radius 3 is 2.18 bits per heavy atom. The van der Waals surface area contributed by atoms with Crippen molar-refractivity contribution in [1.29, 1.82) is 0 Å². The zero-order valence-electron chi connectivity index (χ0n) is 10.1. The van der Waals surface area contributed by atoms with Crippen LogP contribution >= 0.6 is 0 Å². The average Bonchev–Trinajstić information content (AvgIpc) is 2.05. The van der Waals surface area contributed by atoms with E-state index < -0.39 is 12.3 Å². The van der Waals surface area contributed by atoms with Gasteiger partial charge >= 0.3 is 6.98 Å². The first kappa shape index (κ1) is 11.2. The molecule has 17 heavy (non-hydrogen) atoms. The fourth-order valence-corrected chi connectivity index (χ4v) is 3.82. The van der Waals surface area contributed by atoms with Crippen molar-refractivity contribution in [2.75, 3.05) is 0 Å². The van der Waals surface area contributed by atoms with E-state index in [0.29, 0.717) is 19.3 Å². The second-order valence-corrected chi connectivity index (χ2v) is 6.00. The lowest BCUT2D eigenvalue weighted by Crippen LogP contribution is -2.67. The smallest absolute Gasteiger partial charge is 0.449 e. The molecule has 0 spiro atoms. The summed E-state index contributed by atoms with van der Waals surface area (Å²) in [7, 11) is 0. The molecule has 0 N–H and O–H groups in total. The zero-order valence-corrected chi connectivity index (χ0v) is 10.1. The van der Waals surface area contributed by atoms with Gasteiger partial charge < -0.3 is 12.9 Å². The van der Waals surface area contributed by atoms with Crippen LogP contribution in [0.15, 0.2) is 18.2 Å². The van der Waals surface area contributed by atoms with Gasteiger partial charge in [0, 0.05) is 0 Å². The van der Waals surface area contributed by atoms with E-state index in [0.717, 1.165) is 5.56 Å². The number of halogens is 3.